The Hall–Kier alpha value is 1.46. The average Bonchev–Trinajstić information content (AvgIpc) is 1.91. The summed E-state index contributed by atoms with van der Waals surface area (Å²) in [5.41, 5.74) is 0. The molecular formula is C8H18I2. The molecule has 2 heteroatoms. The summed E-state index contributed by atoms with van der Waals surface area (Å²) in [6, 6.07) is 0. The third kappa shape index (κ3) is 22.7. The topological polar surface area (TPSA) is 0 Å². The molecular weight excluding hydrogens is 350 g/mol. The highest BCUT2D eigenvalue weighted by atomic mass is 127. The molecule has 64 valence electrons. The maximum atomic E-state index is 2.39. The smallest absolute Gasteiger partial charge is 0.00184 e. The molecule has 0 unspecified atom stereocenters. The van der Waals surface area contributed by atoms with Crippen molar-refractivity contribution in [1.29, 1.82) is 0 Å². The molecule has 0 N–H and O–H groups in total. The van der Waals surface area contributed by atoms with Crippen molar-refractivity contribution in [1.82, 2.24) is 0 Å². The van der Waals surface area contributed by atoms with Crippen molar-refractivity contribution in [3.8, 4) is 0 Å². The molecule has 0 aliphatic carbocycles. The predicted molar refractivity (Wildman–Crippen MR) is 67.5 cm³/mol. The van der Waals surface area contributed by atoms with Crippen LogP contribution in [0.15, 0.2) is 0 Å². The van der Waals surface area contributed by atoms with E-state index < -0.39 is 0 Å². The molecule has 0 saturated carbocycles. The van der Waals surface area contributed by atoms with Crippen molar-refractivity contribution < 1.29 is 0 Å². The maximum absolute atomic E-state index is 2.39. The van der Waals surface area contributed by atoms with E-state index in [-0.39, 0.29) is 0 Å². The van der Waals surface area contributed by atoms with Gasteiger partial charge in [-0.2, -0.15) is 0 Å². The fourth-order valence-electron chi connectivity index (χ4n) is 0.134. The monoisotopic (exact) mass is 368 g/mol. The Labute approximate surface area is 92.8 Å². The first kappa shape index (κ1) is 14.0. The van der Waals surface area contributed by atoms with Gasteiger partial charge in [0.2, 0.25) is 0 Å². The van der Waals surface area contributed by atoms with Crippen LogP contribution < -0.4 is 0 Å². The van der Waals surface area contributed by atoms with Crippen LogP contribution in [0, 0.1) is 5.92 Å². The number of hydrogen-bond donors (Lipinski definition) is 0. The van der Waals surface area contributed by atoms with E-state index in [0.717, 1.165) is 5.92 Å². The van der Waals surface area contributed by atoms with Gasteiger partial charge in [0, 0.05) is 4.43 Å². The van der Waals surface area contributed by atoms with Gasteiger partial charge in [-0.05, 0) is 16.8 Å². The minimum atomic E-state index is 0.871. The molecule has 0 radical (unpaired) electrons. The van der Waals surface area contributed by atoms with Crippen LogP contribution in [-0.2, 0) is 0 Å². The van der Waals surface area contributed by atoms with Gasteiger partial charge in [0.1, 0.15) is 0 Å². The van der Waals surface area contributed by atoms with Crippen molar-refractivity contribution in [3.63, 3.8) is 0 Å². The third-order valence-electron chi connectivity index (χ3n) is 0.796. The Kier molecular flexibility index (Phi) is 18.3. The highest BCUT2D eigenvalue weighted by molar-refractivity contribution is 14.1. The van der Waals surface area contributed by atoms with E-state index in [0.29, 0.717) is 0 Å². The number of alkyl halides is 2. The first-order chi connectivity index (χ1) is 4.68. The van der Waals surface area contributed by atoms with Crippen molar-refractivity contribution in [2.45, 2.75) is 33.6 Å². The highest BCUT2D eigenvalue weighted by Gasteiger charge is 1.81. The normalized spacial score (nSPS) is 9.00. The van der Waals surface area contributed by atoms with Crippen LogP contribution in [0.3, 0.4) is 0 Å². The van der Waals surface area contributed by atoms with Crippen molar-refractivity contribution in [2.24, 2.45) is 5.92 Å². The number of hydrogen-bond acceptors (Lipinski definition) is 0. The molecule has 0 saturated heterocycles. The molecule has 0 rings (SSSR count). The third-order valence-corrected chi connectivity index (χ3v) is 3.32. The first-order valence-corrected chi connectivity index (χ1v) is 6.86. The van der Waals surface area contributed by atoms with Crippen LogP contribution in [0.25, 0.3) is 0 Å². The summed E-state index contributed by atoms with van der Waals surface area (Å²) in [5.74, 6) is 0.871. The van der Waals surface area contributed by atoms with Gasteiger partial charge in [-0.25, -0.2) is 0 Å². The van der Waals surface area contributed by atoms with E-state index in [1.54, 1.807) is 0 Å². The molecule has 0 aromatic heterocycles. The Bertz CT molecular complexity index is 42.5. The van der Waals surface area contributed by atoms with E-state index in [1.165, 1.54) is 21.7 Å². The highest BCUT2D eigenvalue weighted by Crippen LogP contribution is 1.95. The Morgan fingerprint density at radius 1 is 1.20 bits per heavy atom. The van der Waals surface area contributed by atoms with Crippen LogP contribution in [0.1, 0.15) is 33.6 Å². The largest absolute Gasteiger partial charge is 0.0864 e. The number of rotatable bonds is 3. The molecule has 10 heavy (non-hydrogen) atoms. The summed E-state index contributed by atoms with van der Waals surface area (Å²) < 4.78 is 2.59. The predicted octanol–water partition coefficient (Wildman–Crippen LogP) is 4.30. The number of halogens is 2. The summed E-state index contributed by atoms with van der Waals surface area (Å²) in [7, 11) is 0. The standard InChI is InChI=1S/2C4H9I/c1-4(2)3-5;1-2-3-4-5/h4H,3H2,1-2H3;2-4H2,1H3. The van der Waals surface area contributed by atoms with E-state index in [1.807, 2.05) is 0 Å². The lowest BCUT2D eigenvalue weighted by Gasteiger charge is -1.88. The van der Waals surface area contributed by atoms with E-state index >= 15 is 0 Å². The fraction of sp³-hybridized carbons (Fsp3) is 1.00. The Morgan fingerprint density at radius 2 is 1.60 bits per heavy atom. The first-order valence-electron chi connectivity index (χ1n) is 3.80. The minimum Gasteiger partial charge on any atom is -0.0864 e. The molecule has 0 heterocycles. The van der Waals surface area contributed by atoms with Gasteiger partial charge in [-0.15, -0.1) is 0 Å². The van der Waals surface area contributed by atoms with E-state index in [9.17, 15) is 0 Å². The quantitative estimate of drug-likeness (QED) is 0.515. The molecule has 0 bridgehead atoms. The van der Waals surface area contributed by atoms with Crippen molar-refractivity contribution in [3.05, 3.63) is 0 Å². The Balaban J connectivity index is 0. The van der Waals surface area contributed by atoms with Gasteiger partial charge in [0.05, 0.1) is 0 Å². The minimum absolute atomic E-state index is 0.871. The lowest BCUT2D eigenvalue weighted by atomic mass is 10.3. The maximum Gasteiger partial charge on any atom is 0.00184 e. The van der Waals surface area contributed by atoms with E-state index in [2.05, 4.69) is 66.0 Å². The molecule has 0 aromatic carbocycles. The molecule has 0 aliphatic heterocycles. The molecule has 0 aliphatic rings. The molecule has 0 fully saturated rings. The summed E-state index contributed by atoms with van der Waals surface area (Å²) >= 11 is 4.76. The Morgan fingerprint density at radius 3 is 1.60 bits per heavy atom. The summed E-state index contributed by atoms with van der Waals surface area (Å²) in [6.45, 7) is 6.64. The number of unbranched alkanes of at least 4 members (excludes halogenated alkanes) is 1. The van der Waals surface area contributed by atoms with Gasteiger partial charge < -0.3 is 0 Å². The van der Waals surface area contributed by atoms with Crippen molar-refractivity contribution >= 4 is 45.2 Å². The van der Waals surface area contributed by atoms with Crippen molar-refractivity contribution in [2.75, 3.05) is 8.86 Å². The van der Waals surface area contributed by atoms with Gasteiger partial charge >= 0.3 is 0 Å². The summed E-state index contributed by atoms with van der Waals surface area (Å²) in [6.07, 6.45) is 2.71. The molecule has 0 nitrogen and oxygen atoms in total. The van der Waals surface area contributed by atoms with Crippen LogP contribution in [0.2, 0.25) is 0 Å². The van der Waals surface area contributed by atoms with Gasteiger partial charge in [-0.1, -0.05) is 72.4 Å². The van der Waals surface area contributed by atoms with Crippen LogP contribution >= 0.6 is 45.2 Å². The van der Waals surface area contributed by atoms with E-state index in [4.69, 9.17) is 0 Å². The molecule has 0 amide bonds. The average molecular weight is 368 g/mol. The summed E-state index contributed by atoms with van der Waals surface area (Å²) in [5, 5.41) is 0. The van der Waals surface area contributed by atoms with Crippen LogP contribution in [-0.4, -0.2) is 8.86 Å². The second-order valence-electron chi connectivity index (χ2n) is 2.59. The molecule has 0 atom stereocenters. The second kappa shape index (κ2) is 13.1. The van der Waals surface area contributed by atoms with Gasteiger partial charge in [-0.3, -0.25) is 0 Å². The van der Waals surface area contributed by atoms with Gasteiger partial charge in [0.25, 0.3) is 0 Å². The zero-order valence-corrected chi connectivity index (χ0v) is 11.5. The lowest BCUT2D eigenvalue weighted by Crippen LogP contribution is -1.82. The zero-order valence-electron chi connectivity index (χ0n) is 7.16. The van der Waals surface area contributed by atoms with Crippen LogP contribution in [0.5, 0.6) is 0 Å². The van der Waals surface area contributed by atoms with Gasteiger partial charge in [0.15, 0.2) is 0 Å². The summed E-state index contributed by atoms with van der Waals surface area (Å²) in [4.78, 5) is 0. The second-order valence-corrected chi connectivity index (χ2v) is 4.55. The SMILES string of the molecule is CC(C)CI.CCCCI. The van der Waals surface area contributed by atoms with Crippen LogP contribution in [0.4, 0.5) is 0 Å². The zero-order chi connectivity index (χ0) is 8.41. The molecule has 0 aromatic rings. The molecule has 0 spiro atoms. The lowest BCUT2D eigenvalue weighted by molar-refractivity contribution is 0.763. The fourth-order valence-corrected chi connectivity index (χ4v) is 0.896.